The fourth-order valence-electron chi connectivity index (χ4n) is 1.50. The summed E-state index contributed by atoms with van der Waals surface area (Å²) >= 11 is 7.45. The largest absolute Gasteiger partial charge is 0.378 e. The molecule has 0 bridgehead atoms. The molecule has 1 atom stereocenters. The maximum absolute atomic E-state index is 13.1. The zero-order chi connectivity index (χ0) is 11.5. The molecule has 1 nitrogen and oxygen atoms in total. The first-order valence-corrected chi connectivity index (χ1v) is 6.17. The lowest BCUT2D eigenvalue weighted by Gasteiger charge is -2.13. The van der Waals surface area contributed by atoms with Crippen molar-refractivity contribution in [3.63, 3.8) is 0 Å². The van der Waals surface area contributed by atoms with E-state index in [2.05, 4.69) is 5.32 Å². The fourth-order valence-corrected chi connectivity index (χ4v) is 2.45. The summed E-state index contributed by atoms with van der Waals surface area (Å²) in [5.41, 5.74) is 0.700. The van der Waals surface area contributed by atoms with E-state index in [1.54, 1.807) is 17.4 Å². The van der Waals surface area contributed by atoms with E-state index in [9.17, 15) is 4.39 Å². The van der Waals surface area contributed by atoms with E-state index in [1.165, 1.54) is 17.0 Å². The van der Waals surface area contributed by atoms with Gasteiger partial charge in [-0.05, 0) is 36.6 Å². The molecule has 0 fully saturated rings. The Balaban J connectivity index is 2.15. The molecule has 0 saturated heterocycles. The molecule has 0 aliphatic carbocycles. The molecule has 0 aliphatic heterocycles. The van der Waals surface area contributed by atoms with E-state index < -0.39 is 0 Å². The quantitative estimate of drug-likeness (QED) is 0.837. The molecule has 1 aromatic heterocycles. The number of hydrogen-bond acceptors (Lipinski definition) is 2. The molecule has 84 valence electrons. The van der Waals surface area contributed by atoms with Crippen molar-refractivity contribution in [2.75, 3.05) is 5.32 Å². The minimum Gasteiger partial charge on any atom is -0.378 e. The van der Waals surface area contributed by atoms with Gasteiger partial charge >= 0.3 is 0 Å². The van der Waals surface area contributed by atoms with E-state index in [0.717, 1.165) is 0 Å². The second-order valence-corrected chi connectivity index (χ2v) is 4.96. The first-order chi connectivity index (χ1) is 7.65. The maximum Gasteiger partial charge on any atom is 0.126 e. The molecule has 0 amide bonds. The van der Waals surface area contributed by atoms with Gasteiger partial charge in [0.25, 0.3) is 0 Å². The van der Waals surface area contributed by atoms with Crippen LogP contribution >= 0.6 is 22.9 Å². The molecule has 1 unspecified atom stereocenters. The number of thiophene rings is 1. The Morgan fingerprint density at radius 1 is 1.38 bits per heavy atom. The predicted octanol–water partition coefficient (Wildman–Crippen LogP) is 4.71. The molecule has 0 aliphatic rings. The van der Waals surface area contributed by atoms with Crippen molar-refractivity contribution in [1.29, 1.82) is 0 Å². The summed E-state index contributed by atoms with van der Waals surface area (Å²) in [6.07, 6.45) is 0. The number of anilines is 1. The van der Waals surface area contributed by atoms with Gasteiger partial charge in [-0.1, -0.05) is 17.7 Å². The minimum atomic E-state index is -0.326. The summed E-state index contributed by atoms with van der Waals surface area (Å²) in [7, 11) is 0. The third-order valence-electron chi connectivity index (χ3n) is 2.22. The molecule has 1 heterocycles. The summed E-state index contributed by atoms with van der Waals surface area (Å²) in [5, 5.41) is 5.64. The van der Waals surface area contributed by atoms with Crippen molar-refractivity contribution in [1.82, 2.24) is 0 Å². The molecule has 1 aromatic carbocycles. The summed E-state index contributed by atoms with van der Waals surface area (Å²) < 4.78 is 13.1. The average molecular weight is 256 g/mol. The van der Waals surface area contributed by atoms with Gasteiger partial charge in [-0.3, -0.25) is 0 Å². The predicted molar refractivity (Wildman–Crippen MR) is 67.8 cm³/mol. The number of hydrogen-bond donors (Lipinski definition) is 1. The zero-order valence-corrected chi connectivity index (χ0v) is 10.3. The van der Waals surface area contributed by atoms with Gasteiger partial charge < -0.3 is 5.32 Å². The van der Waals surface area contributed by atoms with Gasteiger partial charge in [0.05, 0.1) is 6.04 Å². The van der Waals surface area contributed by atoms with Gasteiger partial charge in [-0.2, -0.15) is 0 Å². The van der Waals surface area contributed by atoms with E-state index in [1.807, 2.05) is 24.4 Å². The van der Waals surface area contributed by atoms with Crippen LogP contribution in [0.2, 0.25) is 5.02 Å². The van der Waals surface area contributed by atoms with Gasteiger partial charge in [-0.15, -0.1) is 11.3 Å². The van der Waals surface area contributed by atoms with Crippen molar-refractivity contribution < 1.29 is 4.39 Å². The molecule has 0 spiro atoms. The highest BCUT2D eigenvalue weighted by Crippen LogP contribution is 2.25. The van der Waals surface area contributed by atoms with Crippen molar-refractivity contribution >= 4 is 28.6 Å². The Bertz CT molecular complexity index is 450. The number of nitrogens with one attached hydrogen (secondary N) is 1. The van der Waals surface area contributed by atoms with Gasteiger partial charge in [0.15, 0.2) is 0 Å². The molecule has 0 radical (unpaired) electrons. The second kappa shape index (κ2) is 4.85. The molecule has 0 saturated carbocycles. The first-order valence-electron chi connectivity index (χ1n) is 4.91. The van der Waals surface area contributed by atoms with E-state index in [4.69, 9.17) is 11.6 Å². The van der Waals surface area contributed by atoms with E-state index >= 15 is 0 Å². The smallest absolute Gasteiger partial charge is 0.126 e. The lowest BCUT2D eigenvalue weighted by atomic mass is 10.2. The Morgan fingerprint density at radius 2 is 2.19 bits per heavy atom. The summed E-state index contributed by atoms with van der Waals surface area (Å²) in [4.78, 5) is 1.21. The minimum absolute atomic E-state index is 0.151. The van der Waals surface area contributed by atoms with Crippen LogP contribution in [0.25, 0.3) is 0 Å². The maximum atomic E-state index is 13.1. The Morgan fingerprint density at radius 3 is 2.81 bits per heavy atom. The van der Waals surface area contributed by atoms with Crippen molar-refractivity contribution in [2.24, 2.45) is 0 Å². The van der Waals surface area contributed by atoms with Crippen LogP contribution < -0.4 is 5.32 Å². The molecule has 1 N–H and O–H groups in total. The van der Waals surface area contributed by atoms with Crippen LogP contribution in [0.3, 0.4) is 0 Å². The summed E-state index contributed by atoms with van der Waals surface area (Å²) in [6, 6.07) is 8.64. The standard InChI is InChI=1S/C12H11ClFNS/c1-8(12-3-2-4-16-12)15-11-6-9(13)5-10(14)7-11/h2-8,15H,1H3. The monoisotopic (exact) mass is 255 g/mol. The highest BCUT2D eigenvalue weighted by Gasteiger charge is 2.07. The average Bonchev–Trinajstić information content (AvgIpc) is 2.68. The number of halogens is 2. The lowest BCUT2D eigenvalue weighted by molar-refractivity contribution is 0.628. The van der Waals surface area contributed by atoms with Crippen LogP contribution in [-0.4, -0.2) is 0 Å². The van der Waals surface area contributed by atoms with Crippen LogP contribution in [0.5, 0.6) is 0 Å². The van der Waals surface area contributed by atoms with Crippen LogP contribution in [0, 0.1) is 5.82 Å². The molecule has 2 aromatic rings. The SMILES string of the molecule is CC(Nc1cc(F)cc(Cl)c1)c1cccs1. The third-order valence-corrected chi connectivity index (χ3v) is 3.49. The van der Waals surface area contributed by atoms with Crippen LogP contribution in [0.1, 0.15) is 17.8 Å². The normalized spacial score (nSPS) is 12.4. The highest BCUT2D eigenvalue weighted by atomic mass is 35.5. The number of benzene rings is 1. The molecule has 4 heteroatoms. The summed E-state index contributed by atoms with van der Waals surface area (Å²) in [5.74, 6) is -0.326. The molecular formula is C12H11ClFNS. The van der Waals surface area contributed by atoms with Crippen LogP contribution in [-0.2, 0) is 0 Å². The Hall–Kier alpha value is -1.06. The fraction of sp³-hybridized carbons (Fsp3) is 0.167. The third kappa shape index (κ3) is 2.74. The van der Waals surface area contributed by atoms with Crippen LogP contribution in [0.15, 0.2) is 35.7 Å². The molecule has 16 heavy (non-hydrogen) atoms. The second-order valence-electron chi connectivity index (χ2n) is 3.54. The van der Waals surface area contributed by atoms with Crippen molar-refractivity contribution in [2.45, 2.75) is 13.0 Å². The highest BCUT2D eigenvalue weighted by molar-refractivity contribution is 7.10. The van der Waals surface area contributed by atoms with Crippen molar-refractivity contribution in [3.05, 3.63) is 51.4 Å². The topological polar surface area (TPSA) is 12.0 Å². The van der Waals surface area contributed by atoms with Gasteiger partial charge in [-0.25, -0.2) is 4.39 Å². The molecular weight excluding hydrogens is 245 g/mol. The Kier molecular flexibility index (Phi) is 3.46. The lowest BCUT2D eigenvalue weighted by Crippen LogP contribution is -2.04. The van der Waals surface area contributed by atoms with Crippen molar-refractivity contribution in [3.8, 4) is 0 Å². The Labute approximate surface area is 103 Å². The van der Waals surface area contributed by atoms with Gasteiger partial charge in [0.2, 0.25) is 0 Å². The zero-order valence-electron chi connectivity index (χ0n) is 8.71. The molecule has 2 rings (SSSR count). The van der Waals surface area contributed by atoms with Gasteiger partial charge in [0, 0.05) is 15.6 Å². The van der Waals surface area contributed by atoms with Crippen LogP contribution in [0.4, 0.5) is 10.1 Å². The van der Waals surface area contributed by atoms with E-state index in [0.29, 0.717) is 10.7 Å². The number of rotatable bonds is 3. The van der Waals surface area contributed by atoms with Gasteiger partial charge in [0.1, 0.15) is 5.82 Å². The first kappa shape index (κ1) is 11.4. The summed E-state index contributed by atoms with van der Waals surface area (Å²) in [6.45, 7) is 2.03. The van der Waals surface area contributed by atoms with E-state index in [-0.39, 0.29) is 11.9 Å².